The Balaban J connectivity index is 1.54. The van der Waals surface area contributed by atoms with E-state index in [-0.39, 0.29) is 5.91 Å². The molecule has 1 amide bonds. The molecule has 2 aromatic heterocycles. The van der Waals surface area contributed by atoms with E-state index in [1.54, 1.807) is 24.1 Å². The molecular weight excluding hydrogens is 502 g/mol. The standard InChI is InChI=1S/C27H30ClN9O/c1-36(2)14-8-13-24(38)31-21-11-7-12-22(15-21)32-26-19(16-29-20-9-5-4-6-10-20)17-30-27(34-26)33-23-18-37(3)35-25(23)28/h4-13,15,17-18,29H,14,16H2,1-3H3,(H,31,38)(H2,30,32,33,34)/b13-8+. The molecule has 0 fully saturated rings. The summed E-state index contributed by atoms with van der Waals surface area (Å²) in [6.45, 7) is 1.18. The number of benzene rings is 2. The van der Waals surface area contributed by atoms with Gasteiger partial charge in [0.15, 0.2) is 5.15 Å². The van der Waals surface area contributed by atoms with Crippen LogP contribution in [0.2, 0.25) is 5.15 Å². The smallest absolute Gasteiger partial charge is 0.248 e. The van der Waals surface area contributed by atoms with Gasteiger partial charge in [0.2, 0.25) is 11.9 Å². The highest BCUT2D eigenvalue weighted by Gasteiger charge is 2.12. The first-order valence-electron chi connectivity index (χ1n) is 12.0. The Morgan fingerprint density at radius 2 is 1.82 bits per heavy atom. The van der Waals surface area contributed by atoms with Gasteiger partial charge in [-0.05, 0) is 44.4 Å². The summed E-state index contributed by atoms with van der Waals surface area (Å²) in [5.74, 6) is 0.764. The summed E-state index contributed by atoms with van der Waals surface area (Å²) in [7, 11) is 5.67. The van der Waals surface area contributed by atoms with Crippen LogP contribution < -0.4 is 21.3 Å². The normalized spacial score (nSPS) is 11.1. The maximum atomic E-state index is 12.3. The maximum Gasteiger partial charge on any atom is 0.248 e. The molecule has 10 nitrogen and oxygen atoms in total. The molecule has 0 spiro atoms. The van der Waals surface area contributed by atoms with Crippen LogP contribution in [-0.2, 0) is 18.4 Å². The molecule has 4 rings (SSSR count). The fraction of sp³-hybridized carbons (Fsp3) is 0.185. The molecule has 0 aliphatic heterocycles. The monoisotopic (exact) mass is 531 g/mol. The van der Waals surface area contributed by atoms with E-state index in [0.717, 1.165) is 16.9 Å². The Bertz CT molecular complexity index is 1400. The number of aromatic nitrogens is 4. The van der Waals surface area contributed by atoms with Gasteiger partial charge in [0.25, 0.3) is 0 Å². The van der Waals surface area contributed by atoms with Gasteiger partial charge in [-0.3, -0.25) is 9.48 Å². The van der Waals surface area contributed by atoms with Gasteiger partial charge < -0.3 is 26.2 Å². The zero-order chi connectivity index (χ0) is 26.9. The first-order chi connectivity index (χ1) is 18.4. The Hall–Kier alpha value is -4.41. The van der Waals surface area contributed by atoms with Gasteiger partial charge >= 0.3 is 0 Å². The van der Waals surface area contributed by atoms with Crippen LogP contribution in [0, 0.1) is 0 Å². The summed E-state index contributed by atoms with van der Waals surface area (Å²) in [5.41, 5.74) is 3.84. The highest BCUT2D eigenvalue weighted by atomic mass is 35.5. The predicted molar refractivity (Wildman–Crippen MR) is 153 cm³/mol. The number of likely N-dealkylation sites (N-methyl/N-ethyl adjacent to an activating group) is 1. The molecule has 0 atom stereocenters. The van der Waals surface area contributed by atoms with Gasteiger partial charge in [0.05, 0.1) is 5.69 Å². The van der Waals surface area contributed by atoms with Crippen molar-refractivity contribution in [1.29, 1.82) is 0 Å². The van der Waals surface area contributed by atoms with Crippen molar-refractivity contribution in [3.05, 3.63) is 89.9 Å². The van der Waals surface area contributed by atoms with Crippen LogP contribution in [0.25, 0.3) is 0 Å². The van der Waals surface area contributed by atoms with Crippen molar-refractivity contribution in [2.24, 2.45) is 7.05 Å². The molecule has 11 heteroatoms. The highest BCUT2D eigenvalue weighted by Crippen LogP contribution is 2.26. The second-order valence-electron chi connectivity index (χ2n) is 8.78. The largest absolute Gasteiger partial charge is 0.381 e. The molecule has 0 saturated heterocycles. The number of amides is 1. The van der Waals surface area contributed by atoms with Crippen molar-refractivity contribution < 1.29 is 4.79 Å². The third-order valence-electron chi connectivity index (χ3n) is 5.28. The summed E-state index contributed by atoms with van der Waals surface area (Å²) >= 11 is 6.20. The van der Waals surface area contributed by atoms with E-state index in [1.165, 1.54) is 6.08 Å². The minimum Gasteiger partial charge on any atom is -0.381 e. The molecule has 0 radical (unpaired) electrons. The number of hydrogen-bond donors (Lipinski definition) is 4. The molecule has 0 bridgehead atoms. The minimum atomic E-state index is -0.196. The molecular formula is C27H30ClN9O. The van der Waals surface area contributed by atoms with E-state index in [2.05, 4.69) is 31.3 Å². The molecule has 196 valence electrons. The molecule has 4 N–H and O–H groups in total. The number of para-hydroxylation sites is 1. The van der Waals surface area contributed by atoms with Crippen LogP contribution in [0.3, 0.4) is 0 Å². The second-order valence-corrected chi connectivity index (χ2v) is 9.14. The molecule has 0 saturated carbocycles. The second kappa shape index (κ2) is 12.7. The van der Waals surface area contributed by atoms with Gasteiger partial charge in [0.1, 0.15) is 5.82 Å². The molecule has 38 heavy (non-hydrogen) atoms. The van der Waals surface area contributed by atoms with E-state index in [1.807, 2.05) is 79.7 Å². The molecule has 4 aromatic rings. The molecule has 0 aliphatic rings. The van der Waals surface area contributed by atoms with E-state index in [0.29, 0.717) is 41.4 Å². The average molecular weight is 532 g/mol. The van der Waals surface area contributed by atoms with E-state index in [9.17, 15) is 4.79 Å². The Labute approximate surface area is 226 Å². The minimum absolute atomic E-state index is 0.196. The fourth-order valence-corrected chi connectivity index (χ4v) is 3.70. The lowest BCUT2D eigenvalue weighted by Gasteiger charge is -2.15. The zero-order valence-corrected chi connectivity index (χ0v) is 22.2. The Kier molecular flexibility index (Phi) is 8.91. The van der Waals surface area contributed by atoms with Crippen molar-refractivity contribution in [3.8, 4) is 0 Å². The quantitative estimate of drug-likeness (QED) is 0.200. The van der Waals surface area contributed by atoms with Crippen molar-refractivity contribution in [1.82, 2.24) is 24.6 Å². The number of hydrogen-bond acceptors (Lipinski definition) is 8. The van der Waals surface area contributed by atoms with Crippen LogP contribution in [0.5, 0.6) is 0 Å². The van der Waals surface area contributed by atoms with Crippen LogP contribution in [-0.4, -0.2) is 51.2 Å². The maximum absolute atomic E-state index is 12.3. The number of carbonyl (C=O) groups excluding carboxylic acids is 1. The molecule has 0 aliphatic carbocycles. The number of halogens is 1. The number of aryl methyl sites for hydroxylation is 1. The summed E-state index contributed by atoms with van der Waals surface area (Å²) in [4.78, 5) is 23.4. The summed E-state index contributed by atoms with van der Waals surface area (Å²) < 4.78 is 1.61. The van der Waals surface area contributed by atoms with Gasteiger partial charge in [-0.1, -0.05) is 41.9 Å². The van der Waals surface area contributed by atoms with E-state index >= 15 is 0 Å². The average Bonchev–Trinajstić information content (AvgIpc) is 3.20. The first-order valence-corrected chi connectivity index (χ1v) is 12.3. The van der Waals surface area contributed by atoms with Gasteiger partial charge in [-0.2, -0.15) is 10.1 Å². The van der Waals surface area contributed by atoms with Gasteiger partial charge in [-0.25, -0.2) is 4.98 Å². The molecule has 2 heterocycles. The lowest BCUT2D eigenvalue weighted by molar-refractivity contribution is -0.111. The van der Waals surface area contributed by atoms with Crippen LogP contribution >= 0.6 is 11.6 Å². The van der Waals surface area contributed by atoms with Gasteiger partial charge in [-0.15, -0.1) is 0 Å². The van der Waals surface area contributed by atoms with Crippen molar-refractivity contribution in [2.75, 3.05) is 41.9 Å². The highest BCUT2D eigenvalue weighted by molar-refractivity contribution is 6.32. The molecule has 0 unspecified atom stereocenters. The number of carbonyl (C=O) groups is 1. The first kappa shape index (κ1) is 26.6. The fourth-order valence-electron chi connectivity index (χ4n) is 3.49. The van der Waals surface area contributed by atoms with E-state index in [4.69, 9.17) is 16.6 Å². The van der Waals surface area contributed by atoms with E-state index < -0.39 is 0 Å². The van der Waals surface area contributed by atoms with Gasteiger partial charge in [0, 0.05) is 61.2 Å². The predicted octanol–water partition coefficient (Wildman–Crippen LogP) is 5.02. The Morgan fingerprint density at radius 1 is 1.05 bits per heavy atom. The SMILES string of the molecule is CN(C)C/C=C/C(=O)Nc1cccc(Nc2nc(Nc3cn(C)nc3Cl)ncc2CNc2ccccc2)c1. The summed E-state index contributed by atoms with van der Waals surface area (Å²) in [6.07, 6.45) is 6.84. The van der Waals surface area contributed by atoms with Crippen molar-refractivity contribution in [3.63, 3.8) is 0 Å². The Morgan fingerprint density at radius 3 is 2.55 bits per heavy atom. The van der Waals surface area contributed by atoms with Crippen LogP contribution in [0.15, 0.2) is 79.1 Å². The number of nitrogens with zero attached hydrogens (tertiary/aromatic N) is 5. The topological polar surface area (TPSA) is 112 Å². The number of anilines is 6. The zero-order valence-electron chi connectivity index (χ0n) is 21.4. The lowest BCUT2D eigenvalue weighted by atomic mass is 10.2. The third-order valence-corrected chi connectivity index (χ3v) is 5.56. The number of rotatable bonds is 11. The lowest BCUT2D eigenvalue weighted by Crippen LogP contribution is -2.13. The van der Waals surface area contributed by atoms with Crippen molar-refractivity contribution >= 4 is 52.0 Å². The summed E-state index contributed by atoms with van der Waals surface area (Å²) in [6, 6.07) is 17.3. The summed E-state index contributed by atoms with van der Waals surface area (Å²) in [5, 5.41) is 17.2. The number of nitrogens with one attached hydrogen (secondary N) is 4. The van der Waals surface area contributed by atoms with Crippen molar-refractivity contribution in [2.45, 2.75) is 6.54 Å². The van der Waals surface area contributed by atoms with Crippen LogP contribution in [0.4, 0.5) is 34.5 Å². The van der Waals surface area contributed by atoms with Crippen LogP contribution in [0.1, 0.15) is 5.56 Å². The third kappa shape index (κ3) is 7.79. The molecule has 2 aromatic carbocycles.